The van der Waals surface area contributed by atoms with Crippen LogP contribution in [0, 0.1) is 0 Å². The summed E-state index contributed by atoms with van der Waals surface area (Å²) in [4.78, 5) is 37.7. The summed E-state index contributed by atoms with van der Waals surface area (Å²) in [7, 11) is 0. The maximum atomic E-state index is 12.8. The minimum atomic E-state index is -0.620. The normalized spacial score (nSPS) is 10.7. The van der Waals surface area contributed by atoms with Crippen LogP contribution in [0.2, 0.25) is 0 Å². The molecule has 0 atom stereocenters. The predicted molar refractivity (Wildman–Crippen MR) is 116 cm³/mol. The van der Waals surface area contributed by atoms with Crippen molar-refractivity contribution in [3.8, 4) is 11.1 Å². The maximum absolute atomic E-state index is 12.8. The zero-order valence-corrected chi connectivity index (χ0v) is 16.8. The first-order valence-corrected chi connectivity index (χ1v) is 10.1. The molecule has 0 radical (unpaired) electrons. The van der Waals surface area contributed by atoms with E-state index in [2.05, 4.69) is 5.32 Å². The van der Waals surface area contributed by atoms with Crippen LogP contribution < -0.4 is 10.7 Å². The minimum Gasteiger partial charge on any atom is -0.462 e. The molecule has 7 heteroatoms. The predicted octanol–water partition coefficient (Wildman–Crippen LogP) is 4.95. The molecule has 1 amide bonds. The fourth-order valence-electron chi connectivity index (χ4n) is 3.07. The van der Waals surface area contributed by atoms with Gasteiger partial charge in [0.05, 0.1) is 12.0 Å². The molecular weight excluding hydrogens is 402 g/mol. The molecule has 4 rings (SSSR count). The number of carbonyl (C=O) groups excluding carboxylic acids is 2. The number of ether oxygens (including phenoxy) is 1. The second-order valence-electron chi connectivity index (χ2n) is 6.37. The Morgan fingerprint density at radius 3 is 2.57 bits per heavy atom. The number of hydrogen-bond donors (Lipinski definition) is 1. The summed E-state index contributed by atoms with van der Waals surface area (Å²) in [5, 5.41) is 5.20. The summed E-state index contributed by atoms with van der Waals surface area (Å²) in [6.07, 6.45) is 0. The summed E-state index contributed by atoms with van der Waals surface area (Å²) >= 11 is 1.20. The Morgan fingerprint density at radius 1 is 1.07 bits per heavy atom. The topological polar surface area (TPSA) is 85.6 Å². The fraction of sp³-hybridized carbons (Fsp3) is 0.0870. The van der Waals surface area contributed by atoms with Crippen molar-refractivity contribution >= 4 is 39.2 Å². The first-order chi connectivity index (χ1) is 14.6. The second-order valence-corrected chi connectivity index (χ2v) is 7.24. The summed E-state index contributed by atoms with van der Waals surface area (Å²) in [6.45, 7) is 1.92. The largest absolute Gasteiger partial charge is 0.462 e. The van der Waals surface area contributed by atoms with E-state index in [-0.39, 0.29) is 23.4 Å². The van der Waals surface area contributed by atoms with E-state index in [1.165, 1.54) is 11.3 Å². The van der Waals surface area contributed by atoms with Crippen LogP contribution >= 0.6 is 11.3 Å². The van der Waals surface area contributed by atoms with Crippen molar-refractivity contribution in [3.63, 3.8) is 0 Å². The van der Waals surface area contributed by atoms with E-state index in [9.17, 15) is 14.4 Å². The molecule has 1 N–H and O–H groups in total. The Balaban J connectivity index is 1.72. The molecule has 4 aromatic rings. The van der Waals surface area contributed by atoms with Crippen LogP contribution in [0.15, 0.2) is 75.3 Å². The summed E-state index contributed by atoms with van der Waals surface area (Å²) in [5.74, 6) is -1.29. The van der Waals surface area contributed by atoms with Gasteiger partial charge in [-0.3, -0.25) is 9.59 Å². The SMILES string of the molecule is CCOC(=O)c1c(-c2ccccc2)csc1NC(=O)c1cc(=O)c2ccccc2o1. The number of carbonyl (C=O) groups is 2. The smallest absolute Gasteiger partial charge is 0.341 e. The second kappa shape index (κ2) is 8.34. The molecule has 0 aliphatic heterocycles. The van der Waals surface area contributed by atoms with Crippen molar-refractivity contribution < 1.29 is 18.7 Å². The van der Waals surface area contributed by atoms with Crippen molar-refractivity contribution in [2.24, 2.45) is 0 Å². The van der Waals surface area contributed by atoms with Crippen molar-refractivity contribution in [2.45, 2.75) is 6.92 Å². The van der Waals surface area contributed by atoms with E-state index < -0.39 is 11.9 Å². The van der Waals surface area contributed by atoms with E-state index in [1.807, 2.05) is 30.3 Å². The van der Waals surface area contributed by atoms with Crippen LogP contribution in [0.25, 0.3) is 22.1 Å². The number of anilines is 1. The highest BCUT2D eigenvalue weighted by Gasteiger charge is 2.24. The average molecular weight is 419 g/mol. The molecule has 0 aliphatic carbocycles. The number of fused-ring (bicyclic) bond motifs is 1. The van der Waals surface area contributed by atoms with Gasteiger partial charge in [0.1, 0.15) is 16.1 Å². The standard InChI is InChI=1S/C23H17NO5S/c1-2-28-23(27)20-16(14-8-4-3-5-9-14)13-30-22(20)24-21(26)19-12-17(25)15-10-6-7-11-18(15)29-19/h3-13H,2H2,1H3,(H,24,26). The van der Waals surface area contributed by atoms with Gasteiger partial charge in [0.25, 0.3) is 5.91 Å². The van der Waals surface area contributed by atoms with Crippen LogP contribution in [0.1, 0.15) is 27.8 Å². The molecule has 0 fully saturated rings. The number of nitrogens with one attached hydrogen (secondary N) is 1. The molecule has 2 heterocycles. The molecular formula is C23H17NO5S. The van der Waals surface area contributed by atoms with Gasteiger partial charge in [0.2, 0.25) is 0 Å². The van der Waals surface area contributed by atoms with E-state index in [0.717, 1.165) is 11.6 Å². The van der Waals surface area contributed by atoms with E-state index >= 15 is 0 Å². The molecule has 30 heavy (non-hydrogen) atoms. The lowest BCUT2D eigenvalue weighted by Crippen LogP contribution is -2.16. The molecule has 0 saturated heterocycles. The van der Waals surface area contributed by atoms with Crippen molar-refractivity contribution in [3.05, 3.63) is 87.6 Å². The van der Waals surface area contributed by atoms with Gasteiger partial charge >= 0.3 is 5.97 Å². The molecule has 0 bridgehead atoms. The molecule has 0 aliphatic rings. The number of para-hydroxylation sites is 1. The zero-order valence-electron chi connectivity index (χ0n) is 16.0. The van der Waals surface area contributed by atoms with Gasteiger partial charge in [0, 0.05) is 17.0 Å². The van der Waals surface area contributed by atoms with Gasteiger partial charge in [-0.05, 0) is 24.6 Å². The van der Waals surface area contributed by atoms with Crippen LogP contribution in [0.4, 0.5) is 5.00 Å². The number of benzene rings is 2. The Labute approximate surface area is 175 Å². The molecule has 6 nitrogen and oxygen atoms in total. The molecule has 2 aromatic heterocycles. The van der Waals surface area contributed by atoms with Crippen LogP contribution in [-0.2, 0) is 4.74 Å². The number of rotatable bonds is 5. The summed E-state index contributed by atoms with van der Waals surface area (Å²) in [6, 6.07) is 17.2. The third kappa shape index (κ3) is 3.75. The van der Waals surface area contributed by atoms with Crippen molar-refractivity contribution in [1.29, 1.82) is 0 Å². The van der Waals surface area contributed by atoms with Gasteiger partial charge in [-0.2, -0.15) is 0 Å². The lowest BCUT2D eigenvalue weighted by Gasteiger charge is -2.09. The molecule has 2 aromatic carbocycles. The van der Waals surface area contributed by atoms with E-state index in [4.69, 9.17) is 9.15 Å². The van der Waals surface area contributed by atoms with Gasteiger partial charge in [-0.15, -0.1) is 11.3 Å². The molecule has 0 spiro atoms. The zero-order chi connectivity index (χ0) is 21.1. The van der Waals surface area contributed by atoms with Crippen LogP contribution in [-0.4, -0.2) is 18.5 Å². The number of esters is 1. The summed E-state index contributed by atoms with van der Waals surface area (Å²) in [5.41, 5.74) is 1.76. The molecule has 150 valence electrons. The average Bonchev–Trinajstić information content (AvgIpc) is 3.18. The highest BCUT2D eigenvalue weighted by atomic mass is 32.1. The number of hydrogen-bond acceptors (Lipinski definition) is 6. The Bertz CT molecular complexity index is 1290. The quantitative estimate of drug-likeness (QED) is 0.463. The Hall–Kier alpha value is -3.71. The first-order valence-electron chi connectivity index (χ1n) is 9.26. The molecule has 0 unspecified atom stereocenters. The van der Waals surface area contributed by atoms with E-state index in [1.54, 1.807) is 36.6 Å². The Morgan fingerprint density at radius 2 is 1.80 bits per heavy atom. The van der Waals surface area contributed by atoms with Gasteiger partial charge in [-0.25, -0.2) is 4.79 Å². The highest BCUT2D eigenvalue weighted by Crippen LogP contribution is 2.36. The van der Waals surface area contributed by atoms with Crippen LogP contribution in [0.5, 0.6) is 0 Å². The van der Waals surface area contributed by atoms with Gasteiger partial charge in [0.15, 0.2) is 11.2 Å². The van der Waals surface area contributed by atoms with Gasteiger partial charge in [-0.1, -0.05) is 42.5 Å². The third-order valence-electron chi connectivity index (χ3n) is 4.44. The summed E-state index contributed by atoms with van der Waals surface area (Å²) < 4.78 is 10.8. The lowest BCUT2D eigenvalue weighted by molar-refractivity contribution is 0.0529. The van der Waals surface area contributed by atoms with E-state index in [0.29, 0.717) is 21.5 Å². The van der Waals surface area contributed by atoms with Crippen LogP contribution in [0.3, 0.4) is 0 Å². The van der Waals surface area contributed by atoms with Crippen molar-refractivity contribution in [2.75, 3.05) is 11.9 Å². The minimum absolute atomic E-state index is 0.136. The monoisotopic (exact) mass is 419 g/mol. The number of thiophene rings is 1. The van der Waals surface area contributed by atoms with Crippen molar-refractivity contribution in [1.82, 2.24) is 0 Å². The molecule has 0 saturated carbocycles. The lowest BCUT2D eigenvalue weighted by atomic mass is 10.0. The maximum Gasteiger partial charge on any atom is 0.341 e. The number of amides is 1. The first kappa shape index (κ1) is 19.6. The van der Waals surface area contributed by atoms with Gasteiger partial charge < -0.3 is 14.5 Å². The fourth-order valence-corrected chi connectivity index (χ4v) is 4.02. The highest BCUT2D eigenvalue weighted by molar-refractivity contribution is 7.15. The Kier molecular flexibility index (Phi) is 5.45. The third-order valence-corrected chi connectivity index (χ3v) is 5.34.